The fraction of sp³-hybridized carbons (Fsp3) is 0.163. The SMILES string of the molecule is C=C/C(C)=C(\C(=C)C)c1cc(-c2[c-]ccc3c2oc2c3ccc3cc(C)sc32)ncc1C(C)(C)C.[Ir].[c-]1ccccc1-c1ccccn1. The van der Waals surface area contributed by atoms with Crippen LogP contribution in [0.4, 0.5) is 0 Å². The minimum atomic E-state index is -0.0826. The number of aromatic nitrogens is 2. The molecule has 5 heteroatoms. The fourth-order valence-corrected chi connectivity index (χ4v) is 6.96. The van der Waals surface area contributed by atoms with Crippen LogP contribution >= 0.6 is 11.3 Å². The van der Waals surface area contributed by atoms with Crippen molar-refractivity contribution < 1.29 is 24.5 Å². The van der Waals surface area contributed by atoms with E-state index in [4.69, 9.17) is 9.40 Å². The molecule has 0 atom stereocenters. The summed E-state index contributed by atoms with van der Waals surface area (Å²) in [6.07, 6.45) is 5.69. The van der Waals surface area contributed by atoms with Crippen LogP contribution < -0.4 is 0 Å². The van der Waals surface area contributed by atoms with Gasteiger partial charge in [-0.3, -0.25) is 0 Å². The van der Waals surface area contributed by atoms with E-state index in [1.54, 1.807) is 17.5 Å². The molecule has 0 saturated heterocycles. The van der Waals surface area contributed by atoms with Crippen molar-refractivity contribution in [1.82, 2.24) is 9.97 Å². The summed E-state index contributed by atoms with van der Waals surface area (Å²) in [5, 5.41) is 3.43. The zero-order valence-electron chi connectivity index (χ0n) is 28.2. The number of thiophene rings is 1. The Labute approximate surface area is 301 Å². The second kappa shape index (κ2) is 14.4. The molecule has 0 bridgehead atoms. The molecule has 3 nitrogen and oxygen atoms in total. The van der Waals surface area contributed by atoms with E-state index in [0.717, 1.165) is 66.7 Å². The van der Waals surface area contributed by atoms with Gasteiger partial charge in [0.2, 0.25) is 0 Å². The molecule has 0 amide bonds. The average molecular weight is 823 g/mol. The summed E-state index contributed by atoms with van der Waals surface area (Å²) in [5.41, 5.74) is 10.9. The molecule has 0 fully saturated rings. The number of rotatable bonds is 5. The number of benzene rings is 3. The van der Waals surface area contributed by atoms with Gasteiger partial charge in [0.05, 0.1) is 10.3 Å². The van der Waals surface area contributed by atoms with Gasteiger partial charge in [-0.15, -0.1) is 65.4 Å². The molecular weight excluding hydrogens is 785 g/mol. The number of allylic oxidation sites excluding steroid dienone is 4. The quantitative estimate of drug-likeness (QED) is 0.128. The van der Waals surface area contributed by atoms with E-state index in [1.807, 2.05) is 60.8 Å². The number of hydrogen-bond donors (Lipinski definition) is 0. The smallest absolute Gasteiger partial charge is 0.138 e. The number of fused-ring (bicyclic) bond motifs is 5. The zero-order chi connectivity index (χ0) is 33.3. The molecule has 4 heterocycles. The van der Waals surface area contributed by atoms with E-state index in [9.17, 15) is 0 Å². The molecule has 48 heavy (non-hydrogen) atoms. The normalized spacial score (nSPS) is 11.9. The molecule has 3 aromatic carbocycles. The van der Waals surface area contributed by atoms with Crippen LogP contribution in [-0.2, 0) is 25.5 Å². The van der Waals surface area contributed by atoms with Crippen LogP contribution in [0.1, 0.15) is 50.6 Å². The van der Waals surface area contributed by atoms with Crippen LogP contribution in [0.2, 0.25) is 0 Å². The summed E-state index contributed by atoms with van der Waals surface area (Å²) in [6.45, 7) is 21.2. The Bertz CT molecular complexity index is 2250. The molecule has 0 saturated carbocycles. The summed E-state index contributed by atoms with van der Waals surface area (Å²) >= 11 is 1.77. The maximum Gasteiger partial charge on any atom is 0.138 e. The Morgan fingerprint density at radius 2 is 1.65 bits per heavy atom. The number of nitrogens with zero attached hydrogens (tertiary/aromatic N) is 2. The van der Waals surface area contributed by atoms with E-state index in [1.165, 1.54) is 20.5 Å². The standard InChI is InChI=1S/C32H30NOS.C11H8N.Ir/c1-9-19(4)28(18(2)3)25-16-27(33-17-26(25)32(6,7)8)24-12-10-11-22-23-14-13-21-15-20(5)35-31(21)30(23)34-29(22)24;1-2-6-10(7-3-1)11-8-4-5-9-12-11;/h9-11,13-17H,1-2H2,3-8H3;1-6,8-9H;/q2*-1;/b28-19+;;. The van der Waals surface area contributed by atoms with Gasteiger partial charge in [0.1, 0.15) is 5.58 Å². The van der Waals surface area contributed by atoms with Crippen LogP contribution in [0.15, 0.2) is 126 Å². The first-order chi connectivity index (χ1) is 22.6. The molecule has 0 spiro atoms. The Hall–Kier alpha value is -4.41. The predicted octanol–water partition coefficient (Wildman–Crippen LogP) is 12.4. The summed E-state index contributed by atoms with van der Waals surface area (Å²) < 4.78 is 7.76. The van der Waals surface area contributed by atoms with Crippen molar-refractivity contribution in [3.05, 3.63) is 150 Å². The van der Waals surface area contributed by atoms with Crippen molar-refractivity contribution >= 4 is 48.9 Å². The third-order valence-corrected chi connectivity index (χ3v) is 9.29. The predicted molar refractivity (Wildman–Crippen MR) is 201 cm³/mol. The van der Waals surface area contributed by atoms with Gasteiger partial charge in [-0.1, -0.05) is 86.9 Å². The van der Waals surface area contributed by atoms with E-state index < -0.39 is 0 Å². The molecule has 0 aliphatic carbocycles. The average Bonchev–Trinajstić information content (AvgIpc) is 3.65. The van der Waals surface area contributed by atoms with Crippen LogP contribution in [0.25, 0.3) is 60.1 Å². The van der Waals surface area contributed by atoms with Crippen molar-refractivity contribution in [3.8, 4) is 22.5 Å². The molecule has 7 rings (SSSR count). The monoisotopic (exact) mass is 823 g/mol. The second-order valence-corrected chi connectivity index (χ2v) is 14.1. The zero-order valence-corrected chi connectivity index (χ0v) is 31.4. The number of pyridine rings is 2. The first-order valence-corrected chi connectivity index (χ1v) is 16.5. The minimum absolute atomic E-state index is 0. The van der Waals surface area contributed by atoms with Crippen molar-refractivity contribution in [2.45, 2.75) is 47.0 Å². The van der Waals surface area contributed by atoms with Crippen molar-refractivity contribution in [3.63, 3.8) is 0 Å². The largest absolute Gasteiger partial charge is 0.499 e. The van der Waals surface area contributed by atoms with E-state index in [2.05, 4.69) is 102 Å². The minimum Gasteiger partial charge on any atom is -0.499 e. The van der Waals surface area contributed by atoms with Gasteiger partial charge in [-0.2, -0.15) is 0 Å². The van der Waals surface area contributed by atoms with Crippen LogP contribution in [0.3, 0.4) is 0 Å². The molecule has 4 aromatic heterocycles. The van der Waals surface area contributed by atoms with Crippen molar-refractivity contribution in [1.29, 1.82) is 0 Å². The third kappa shape index (κ3) is 6.91. The van der Waals surface area contributed by atoms with Crippen molar-refractivity contribution in [2.24, 2.45) is 0 Å². The van der Waals surface area contributed by atoms with E-state index in [0.29, 0.717) is 0 Å². The number of hydrogen-bond acceptors (Lipinski definition) is 4. The van der Waals surface area contributed by atoms with E-state index in [-0.39, 0.29) is 25.5 Å². The molecule has 0 unspecified atom stereocenters. The molecule has 243 valence electrons. The summed E-state index contributed by atoms with van der Waals surface area (Å²) in [4.78, 5) is 10.4. The van der Waals surface area contributed by atoms with Crippen LogP contribution in [-0.4, -0.2) is 9.97 Å². The topological polar surface area (TPSA) is 38.9 Å². The second-order valence-electron chi connectivity index (χ2n) is 12.8. The Morgan fingerprint density at radius 1 is 0.875 bits per heavy atom. The first kappa shape index (κ1) is 34.9. The van der Waals surface area contributed by atoms with Gasteiger partial charge in [0, 0.05) is 42.8 Å². The summed E-state index contributed by atoms with van der Waals surface area (Å²) in [5.74, 6) is 0. The fourth-order valence-electron chi connectivity index (χ4n) is 5.97. The van der Waals surface area contributed by atoms with E-state index >= 15 is 0 Å². The number of aryl methyl sites for hydroxylation is 1. The van der Waals surface area contributed by atoms with Gasteiger partial charge in [0.25, 0.3) is 0 Å². The molecule has 0 aliphatic heterocycles. The number of furan rings is 1. The van der Waals surface area contributed by atoms with Gasteiger partial charge in [-0.05, 0) is 77.4 Å². The first-order valence-electron chi connectivity index (χ1n) is 15.7. The van der Waals surface area contributed by atoms with Crippen LogP contribution in [0, 0.1) is 19.1 Å². The maximum atomic E-state index is 6.57. The van der Waals surface area contributed by atoms with Crippen LogP contribution in [0.5, 0.6) is 0 Å². The summed E-state index contributed by atoms with van der Waals surface area (Å²) in [7, 11) is 0. The Morgan fingerprint density at radius 3 is 2.31 bits per heavy atom. The third-order valence-electron chi connectivity index (χ3n) is 8.22. The summed E-state index contributed by atoms with van der Waals surface area (Å²) in [6, 6.07) is 33.0. The van der Waals surface area contributed by atoms with Crippen molar-refractivity contribution in [2.75, 3.05) is 0 Å². The molecular formula is C43H38IrN2OS-2. The Kier molecular flexibility index (Phi) is 10.5. The molecule has 0 aliphatic rings. The van der Waals surface area contributed by atoms with Gasteiger partial charge >= 0.3 is 0 Å². The van der Waals surface area contributed by atoms with Gasteiger partial charge < -0.3 is 14.4 Å². The van der Waals surface area contributed by atoms with Gasteiger partial charge in [-0.25, -0.2) is 0 Å². The molecule has 7 aromatic rings. The van der Waals surface area contributed by atoms with Gasteiger partial charge in [0.15, 0.2) is 0 Å². The molecule has 0 N–H and O–H groups in total. The molecule has 1 radical (unpaired) electrons. The maximum absolute atomic E-state index is 6.57. The Balaban J connectivity index is 0.000000291.